The van der Waals surface area contributed by atoms with Gasteiger partial charge in [-0.25, -0.2) is 9.97 Å². The lowest BCUT2D eigenvalue weighted by molar-refractivity contribution is -0.571. The number of benzene rings is 7. The lowest BCUT2D eigenvalue weighted by Crippen LogP contribution is -2.31. The second kappa shape index (κ2) is 16.0. The van der Waals surface area contributed by atoms with Gasteiger partial charge in [0.25, 0.3) is 6.33 Å². The molecule has 0 aliphatic rings. The topological polar surface area (TPSA) is 48.8 Å². The zero-order valence-corrected chi connectivity index (χ0v) is 35.0. The molecule has 0 unspecified atom stereocenters. The highest BCUT2D eigenvalue weighted by Gasteiger charge is 2.21. The fraction of sp³-hybridized carbons (Fsp3) is 0.0862. The highest BCUT2D eigenvalue weighted by molar-refractivity contribution is 6.08. The highest BCUT2D eigenvalue weighted by Crippen LogP contribution is 2.38. The van der Waals surface area contributed by atoms with E-state index in [1.807, 2.05) is 116 Å². The molecule has 0 atom stereocenters. The van der Waals surface area contributed by atoms with E-state index in [-0.39, 0.29) is 27.9 Å². The van der Waals surface area contributed by atoms with Crippen LogP contribution in [0.1, 0.15) is 42.8 Å². The molecule has 4 aromatic heterocycles. The molecular weight excluding hydrogens is 783 g/mol. The zero-order chi connectivity index (χ0) is 53.7. The Balaban J connectivity index is 1.07. The second-order valence-corrected chi connectivity index (χ2v) is 16.3. The third-order valence-corrected chi connectivity index (χ3v) is 10.8. The van der Waals surface area contributed by atoms with Crippen LogP contribution in [-0.4, -0.2) is 19.1 Å². The normalized spacial score (nSPS) is 14.6. The van der Waals surface area contributed by atoms with Crippen molar-refractivity contribution in [3.63, 3.8) is 0 Å². The summed E-state index contributed by atoms with van der Waals surface area (Å²) in [5.74, 6) is 1.43. The highest BCUT2D eigenvalue weighted by atomic mass is 16.5. The van der Waals surface area contributed by atoms with Crippen molar-refractivity contribution in [1.29, 1.82) is 0 Å². The maximum atomic E-state index is 9.11. The molecule has 0 fully saturated rings. The Bertz CT molecular complexity index is 4040. The molecule has 6 heteroatoms. The van der Waals surface area contributed by atoms with Gasteiger partial charge in [0.15, 0.2) is 0 Å². The van der Waals surface area contributed by atoms with Crippen LogP contribution in [0, 0.1) is 11.7 Å². The molecule has 0 spiro atoms. The minimum atomic E-state index is -1.69. The number of fused-ring (bicyclic) bond motifs is 4. The van der Waals surface area contributed by atoms with Crippen LogP contribution >= 0.6 is 0 Å². The third-order valence-electron chi connectivity index (χ3n) is 10.8. The SMILES string of the molecule is [2H]c1c([2H])c([2H])c(-c2cccc(-c3c([2H])c([2H])c([2H])c([2H])c3[2H])c2-[n+]2[c-]n(-c3cccc(Oc4ccc5c6nc(-c7ccccc7)ccc6n(-c6cc(C([2H])([2H])C(C)(C)C)ccn6)c5c4)c3)c3ccccc32)c([2H])c1[2H]. The molecule has 0 aliphatic heterocycles. The first-order chi connectivity index (χ1) is 36.3. The van der Waals surface area contributed by atoms with Crippen molar-refractivity contribution >= 4 is 33.0 Å². The molecule has 0 N–H and O–H groups in total. The maximum Gasteiger partial charge on any atom is 0.269 e. The summed E-state index contributed by atoms with van der Waals surface area (Å²) in [5.41, 5.74) is 5.57. The average molecular weight is 840 g/mol. The van der Waals surface area contributed by atoms with E-state index in [9.17, 15) is 0 Å². The lowest BCUT2D eigenvalue weighted by Gasteiger charge is -2.18. The monoisotopic (exact) mass is 839 g/mol. The molecule has 0 saturated heterocycles. The van der Waals surface area contributed by atoms with Crippen LogP contribution in [-0.2, 0) is 6.37 Å². The molecule has 11 aromatic rings. The Morgan fingerprint density at radius 3 is 2.09 bits per heavy atom. The number of aromatic nitrogens is 5. The first-order valence-electron chi connectivity index (χ1n) is 26.8. The standard InChI is InChI=1S/C58H45N5O/c1-58(2,3)38-40-33-34-59-55(35-40)63-53-32-31-50(43-21-11-6-12-22-43)60-56(53)49-30-29-46(37-54(49)63)64-45-24-15-23-44(36-45)61-39-62(52-28-14-13-27-51(52)61)57-47(41-17-7-4-8-18-41)25-16-26-48(57)42-19-9-5-10-20-42/h4-37H,38H2,1-3H3/i4D,5D,7D,8D,9D,10D,17D,18D,19D,20D,38D2. The molecule has 308 valence electrons. The number of ether oxygens (including phenoxy) is 1. The van der Waals surface area contributed by atoms with Gasteiger partial charge >= 0.3 is 0 Å². The number of hydrogen-bond donors (Lipinski definition) is 0. The van der Waals surface area contributed by atoms with Gasteiger partial charge in [-0.1, -0.05) is 160 Å². The predicted octanol–water partition coefficient (Wildman–Crippen LogP) is 14.0. The van der Waals surface area contributed by atoms with Crippen molar-refractivity contribution in [2.24, 2.45) is 5.41 Å². The smallest absolute Gasteiger partial charge is 0.269 e. The number of pyridine rings is 2. The van der Waals surface area contributed by atoms with E-state index in [4.69, 9.17) is 31.2 Å². The van der Waals surface area contributed by atoms with Crippen molar-refractivity contribution in [3.8, 4) is 62.2 Å². The fourth-order valence-electron chi connectivity index (χ4n) is 8.19. The van der Waals surface area contributed by atoms with Crippen molar-refractivity contribution in [2.45, 2.75) is 27.1 Å². The van der Waals surface area contributed by atoms with Gasteiger partial charge in [-0.15, -0.1) is 0 Å². The molecule has 4 heterocycles. The molecule has 0 aliphatic carbocycles. The Kier molecular flexibility index (Phi) is 6.94. The molecule has 64 heavy (non-hydrogen) atoms. The van der Waals surface area contributed by atoms with E-state index < -0.39 is 72.2 Å². The molecule has 0 bridgehead atoms. The summed E-state index contributed by atoms with van der Waals surface area (Å²) in [5, 5.41) is 0.824. The predicted molar refractivity (Wildman–Crippen MR) is 260 cm³/mol. The quantitative estimate of drug-likeness (QED) is 0.107. The minimum absolute atomic E-state index is 0.136. The fourth-order valence-corrected chi connectivity index (χ4v) is 8.19. The summed E-state index contributed by atoms with van der Waals surface area (Å²) in [6.45, 7) is 5.61. The van der Waals surface area contributed by atoms with E-state index >= 15 is 0 Å². The minimum Gasteiger partial charge on any atom is -0.458 e. The van der Waals surface area contributed by atoms with Crippen molar-refractivity contribution in [3.05, 3.63) is 218 Å². The summed E-state index contributed by atoms with van der Waals surface area (Å²) in [4.78, 5) is 9.95. The summed E-state index contributed by atoms with van der Waals surface area (Å²) in [6, 6.07) is 37.0. The molecule has 0 amide bonds. The van der Waals surface area contributed by atoms with Gasteiger partial charge in [-0.05, 0) is 94.2 Å². The largest absolute Gasteiger partial charge is 0.458 e. The van der Waals surface area contributed by atoms with Crippen molar-refractivity contribution in [2.75, 3.05) is 0 Å². The number of nitrogens with zero attached hydrogens (tertiary/aromatic N) is 5. The Morgan fingerprint density at radius 1 is 0.641 bits per heavy atom. The zero-order valence-electron chi connectivity index (χ0n) is 47.0. The number of para-hydroxylation sites is 3. The van der Waals surface area contributed by atoms with Crippen LogP contribution in [0.2, 0.25) is 0 Å². The molecular formula is C58H45N5O. The van der Waals surface area contributed by atoms with Crippen LogP contribution in [0.15, 0.2) is 206 Å². The van der Waals surface area contributed by atoms with E-state index in [0.717, 1.165) is 33.2 Å². The molecule has 0 radical (unpaired) electrons. The van der Waals surface area contributed by atoms with Crippen molar-refractivity contribution < 1.29 is 25.8 Å². The molecule has 0 saturated carbocycles. The first kappa shape index (κ1) is 27.8. The summed E-state index contributed by atoms with van der Waals surface area (Å²) >= 11 is 0. The van der Waals surface area contributed by atoms with Gasteiger partial charge in [-0.2, -0.15) is 0 Å². The summed E-state index contributed by atoms with van der Waals surface area (Å²) < 4.78 is 117. The second-order valence-electron chi connectivity index (χ2n) is 16.3. The van der Waals surface area contributed by atoms with E-state index in [1.165, 1.54) is 0 Å². The van der Waals surface area contributed by atoms with Gasteiger partial charge < -0.3 is 4.74 Å². The van der Waals surface area contributed by atoms with Gasteiger partial charge in [-0.3, -0.25) is 13.7 Å². The first-order valence-corrected chi connectivity index (χ1v) is 20.8. The molecule has 11 rings (SSSR count). The van der Waals surface area contributed by atoms with Crippen LogP contribution in [0.4, 0.5) is 0 Å². The maximum absolute atomic E-state index is 9.11. The van der Waals surface area contributed by atoms with Gasteiger partial charge in [0.05, 0.1) is 58.4 Å². The molecule has 6 nitrogen and oxygen atoms in total. The van der Waals surface area contributed by atoms with E-state index in [2.05, 4.69) is 6.33 Å². The Hall–Kier alpha value is -8.09. The molecule has 7 aromatic carbocycles. The average Bonchev–Trinajstić information content (AvgIpc) is 4.00. The Morgan fingerprint density at radius 2 is 1.34 bits per heavy atom. The van der Waals surface area contributed by atoms with Crippen LogP contribution in [0.3, 0.4) is 0 Å². The van der Waals surface area contributed by atoms with Crippen LogP contribution in [0.5, 0.6) is 11.5 Å². The Labute approximate surface area is 389 Å². The van der Waals surface area contributed by atoms with Crippen molar-refractivity contribution in [1.82, 2.24) is 19.1 Å². The van der Waals surface area contributed by atoms with Gasteiger partial charge in [0.1, 0.15) is 17.3 Å². The number of imidazole rings is 1. The number of hydrogen-bond acceptors (Lipinski definition) is 3. The summed E-state index contributed by atoms with van der Waals surface area (Å²) in [7, 11) is 0. The van der Waals surface area contributed by atoms with E-state index in [1.54, 1.807) is 63.9 Å². The number of rotatable bonds is 9. The van der Waals surface area contributed by atoms with E-state index in [0.29, 0.717) is 39.6 Å². The lowest BCUT2D eigenvalue weighted by atomic mass is 9.88. The van der Waals surface area contributed by atoms with Crippen LogP contribution in [0.25, 0.3) is 83.7 Å². The summed E-state index contributed by atoms with van der Waals surface area (Å²) in [6.07, 6.45) is 3.36. The third kappa shape index (κ3) is 7.29. The van der Waals surface area contributed by atoms with Gasteiger partial charge in [0, 0.05) is 26.0 Å². The van der Waals surface area contributed by atoms with Crippen LogP contribution < -0.4 is 9.30 Å². The van der Waals surface area contributed by atoms with Gasteiger partial charge in [0.2, 0.25) is 0 Å².